The Labute approximate surface area is 124 Å². The average molecular weight is 312 g/mol. The van der Waals surface area contributed by atoms with Crippen LogP contribution in [0.2, 0.25) is 0 Å². The third-order valence-electron chi connectivity index (χ3n) is 3.17. The molecule has 6 nitrogen and oxygen atoms in total. The second kappa shape index (κ2) is 6.05. The van der Waals surface area contributed by atoms with Gasteiger partial charge in [0.2, 0.25) is 10.0 Å². The number of nitrogens with zero attached hydrogens (tertiary/aromatic N) is 1. The number of nitrogens with one attached hydrogen (secondary N) is 1. The van der Waals surface area contributed by atoms with Gasteiger partial charge in [0.1, 0.15) is 11.5 Å². The number of rotatable bonds is 6. The predicted molar refractivity (Wildman–Crippen MR) is 78.2 cm³/mol. The number of hydrogen-bond acceptors (Lipinski definition) is 4. The molecule has 0 saturated heterocycles. The van der Waals surface area contributed by atoms with E-state index in [4.69, 9.17) is 4.42 Å². The molecule has 2 aromatic rings. The first kappa shape index (κ1) is 15.8. The molecule has 0 unspecified atom stereocenters. The zero-order valence-electron chi connectivity index (χ0n) is 12.3. The monoisotopic (exact) mass is 312 g/mol. The van der Waals surface area contributed by atoms with Gasteiger partial charge in [-0.2, -0.15) is 0 Å². The molecule has 2 heterocycles. The lowest BCUT2D eigenvalue weighted by Gasteiger charge is -2.10. The molecule has 2 N–H and O–H groups in total. The highest BCUT2D eigenvalue weighted by atomic mass is 32.2. The zero-order valence-corrected chi connectivity index (χ0v) is 13.1. The highest BCUT2D eigenvalue weighted by Gasteiger charge is 2.19. The van der Waals surface area contributed by atoms with Crippen LogP contribution in [0.25, 0.3) is 0 Å². The fraction of sp³-hybridized carbons (Fsp3) is 0.429. The van der Waals surface area contributed by atoms with Crippen molar-refractivity contribution in [3.8, 4) is 0 Å². The van der Waals surface area contributed by atoms with Gasteiger partial charge < -0.3 is 14.1 Å². The summed E-state index contributed by atoms with van der Waals surface area (Å²) >= 11 is 0. The minimum Gasteiger partial charge on any atom is -0.465 e. The normalized spacial score (nSPS) is 12.2. The zero-order chi connectivity index (χ0) is 15.6. The molecule has 0 amide bonds. The van der Waals surface area contributed by atoms with E-state index in [1.807, 2.05) is 13.8 Å². The maximum Gasteiger partial charge on any atom is 0.242 e. The topological polar surface area (TPSA) is 84.5 Å². The first-order valence-corrected chi connectivity index (χ1v) is 8.18. The summed E-state index contributed by atoms with van der Waals surface area (Å²) in [6.45, 7) is 5.54. The van der Waals surface area contributed by atoms with Crippen LogP contribution in [0, 0.1) is 6.92 Å². The second-order valence-electron chi connectivity index (χ2n) is 5.16. The highest BCUT2D eigenvalue weighted by Crippen LogP contribution is 2.19. The molecule has 2 aromatic heterocycles. The van der Waals surface area contributed by atoms with Gasteiger partial charge in [-0.1, -0.05) is 0 Å². The molecule has 2 rings (SSSR count). The van der Waals surface area contributed by atoms with Crippen LogP contribution in [0.4, 0.5) is 0 Å². The summed E-state index contributed by atoms with van der Waals surface area (Å²) in [5, 5.41) is 9.31. The Kier molecular flexibility index (Phi) is 4.55. The van der Waals surface area contributed by atoms with Gasteiger partial charge in [0.25, 0.3) is 0 Å². The van der Waals surface area contributed by atoms with E-state index in [0.29, 0.717) is 11.5 Å². The summed E-state index contributed by atoms with van der Waals surface area (Å²) in [7, 11) is -3.64. The van der Waals surface area contributed by atoms with Crippen molar-refractivity contribution < 1.29 is 17.9 Å². The Balaban J connectivity index is 2.19. The molecule has 0 aromatic carbocycles. The van der Waals surface area contributed by atoms with Crippen LogP contribution in [-0.4, -0.2) is 18.1 Å². The fourth-order valence-electron chi connectivity index (χ4n) is 2.08. The number of aryl methyl sites for hydroxylation is 1. The van der Waals surface area contributed by atoms with Gasteiger partial charge in [-0.15, -0.1) is 0 Å². The van der Waals surface area contributed by atoms with E-state index in [0.717, 1.165) is 5.76 Å². The molecular formula is C14H20N2O4S. The number of hydrogen-bond donors (Lipinski definition) is 2. The molecule has 0 aliphatic carbocycles. The minimum absolute atomic E-state index is 0.0730. The first-order chi connectivity index (χ1) is 9.83. The number of furan rings is 1. The summed E-state index contributed by atoms with van der Waals surface area (Å²) in [4.78, 5) is 0.142. The third-order valence-corrected chi connectivity index (χ3v) is 4.54. The molecule has 116 valence electrons. The maximum atomic E-state index is 12.3. The van der Waals surface area contributed by atoms with E-state index < -0.39 is 10.0 Å². The molecule has 0 atom stereocenters. The predicted octanol–water partition coefficient (Wildman–Crippen LogP) is 1.94. The molecule has 21 heavy (non-hydrogen) atoms. The number of aliphatic hydroxyl groups is 1. The van der Waals surface area contributed by atoms with Crippen LogP contribution in [0.1, 0.15) is 37.1 Å². The Hall–Kier alpha value is -1.57. The minimum atomic E-state index is -3.64. The summed E-state index contributed by atoms with van der Waals surface area (Å²) in [5.74, 6) is 1.29. The van der Waals surface area contributed by atoms with E-state index in [-0.39, 0.29) is 24.1 Å². The molecule has 0 bridgehead atoms. The molecule has 0 spiro atoms. The fourth-order valence-corrected chi connectivity index (χ4v) is 3.12. The van der Waals surface area contributed by atoms with E-state index in [1.54, 1.807) is 23.6 Å². The largest absolute Gasteiger partial charge is 0.465 e. The van der Waals surface area contributed by atoms with Crippen LogP contribution in [0.3, 0.4) is 0 Å². The molecule has 0 fully saturated rings. The Morgan fingerprint density at radius 2 is 2.10 bits per heavy atom. The molecule has 0 aliphatic rings. The number of aliphatic hydroxyl groups excluding tert-OH is 1. The summed E-state index contributed by atoms with van der Waals surface area (Å²) in [6, 6.07) is 5.07. The Bertz CT molecular complexity index is 713. The van der Waals surface area contributed by atoms with Gasteiger partial charge in [0.05, 0.1) is 18.0 Å². The van der Waals surface area contributed by atoms with Crippen molar-refractivity contribution in [2.75, 3.05) is 0 Å². The van der Waals surface area contributed by atoms with Crippen molar-refractivity contribution in [3.63, 3.8) is 0 Å². The first-order valence-electron chi connectivity index (χ1n) is 6.70. The van der Waals surface area contributed by atoms with Gasteiger partial charge in [-0.25, -0.2) is 13.1 Å². The van der Waals surface area contributed by atoms with Gasteiger partial charge >= 0.3 is 0 Å². The van der Waals surface area contributed by atoms with Crippen molar-refractivity contribution in [1.29, 1.82) is 0 Å². The van der Waals surface area contributed by atoms with Gasteiger partial charge in [-0.05, 0) is 39.0 Å². The van der Waals surface area contributed by atoms with Crippen molar-refractivity contribution >= 4 is 10.0 Å². The van der Waals surface area contributed by atoms with E-state index in [2.05, 4.69) is 4.72 Å². The van der Waals surface area contributed by atoms with E-state index in [1.165, 1.54) is 12.3 Å². The quantitative estimate of drug-likeness (QED) is 0.853. The Morgan fingerprint density at radius 3 is 2.57 bits per heavy atom. The van der Waals surface area contributed by atoms with Gasteiger partial charge in [0.15, 0.2) is 0 Å². The summed E-state index contributed by atoms with van der Waals surface area (Å²) in [5.41, 5.74) is 0.569. The molecular weight excluding hydrogens is 292 g/mol. The van der Waals surface area contributed by atoms with Crippen LogP contribution >= 0.6 is 0 Å². The standard InChI is InChI=1S/C14H20N2O4S/c1-10(2)16-8-14(6-12(16)9-17)21(18,19)15-7-13-5-4-11(3)20-13/h4-6,8,10,15,17H,7,9H2,1-3H3. The van der Waals surface area contributed by atoms with Crippen molar-refractivity contribution in [2.24, 2.45) is 0 Å². The maximum absolute atomic E-state index is 12.3. The van der Waals surface area contributed by atoms with E-state index >= 15 is 0 Å². The van der Waals surface area contributed by atoms with Crippen molar-refractivity contribution in [2.45, 2.75) is 44.9 Å². The SMILES string of the molecule is Cc1ccc(CNS(=O)(=O)c2cc(CO)n(C(C)C)c2)o1. The molecule has 0 saturated carbocycles. The van der Waals surface area contributed by atoms with Crippen LogP contribution in [0.5, 0.6) is 0 Å². The molecule has 0 aliphatic heterocycles. The lowest BCUT2D eigenvalue weighted by molar-refractivity contribution is 0.268. The third kappa shape index (κ3) is 3.55. The number of sulfonamides is 1. The lowest BCUT2D eigenvalue weighted by Crippen LogP contribution is -2.22. The smallest absolute Gasteiger partial charge is 0.242 e. The number of aromatic nitrogens is 1. The van der Waals surface area contributed by atoms with Gasteiger partial charge in [0, 0.05) is 17.9 Å². The van der Waals surface area contributed by atoms with E-state index in [9.17, 15) is 13.5 Å². The Morgan fingerprint density at radius 1 is 1.38 bits per heavy atom. The van der Waals surface area contributed by atoms with Crippen LogP contribution < -0.4 is 4.72 Å². The van der Waals surface area contributed by atoms with Gasteiger partial charge in [-0.3, -0.25) is 0 Å². The second-order valence-corrected chi connectivity index (χ2v) is 6.93. The van der Waals surface area contributed by atoms with Crippen LogP contribution in [0.15, 0.2) is 33.7 Å². The average Bonchev–Trinajstić information content (AvgIpc) is 3.02. The molecule has 0 radical (unpaired) electrons. The van der Waals surface area contributed by atoms with Crippen molar-refractivity contribution in [1.82, 2.24) is 9.29 Å². The summed E-state index contributed by atoms with van der Waals surface area (Å²) in [6.07, 6.45) is 1.53. The lowest BCUT2D eigenvalue weighted by atomic mass is 10.3. The summed E-state index contributed by atoms with van der Waals surface area (Å²) < 4.78 is 34.1. The van der Waals surface area contributed by atoms with Crippen molar-refractivity contribution in [3.05, 3.63) is 41.6 Å². The van der Waals surface area contributed by atoms with Crippen LogP contribution in [-0.2, 0) is 23.2 Å². The highest BCUT2D eigenvalue weighted by molar-refractivity contribution is 7.89. The molecule has 7 heteroatoms.